The average molecular weight is 444 g/mol. The summed E-state index contributed by atoms with van der Waals surface area (Å²) in [4.78, 5) is 23.8. The number of hydrogen-bond donors (Lipinski definition) is 1. The third kappa shape index (κ3) is 7.59. The first-order valence-electron chi connectivity index (χ1n) is 8.67. The van der Waals surface area contributed by atoms with Gasteiger partial charge in [-0.25, -0.2) is 4.39 Å². The van der Waals surface area contributed by atoms with Gasteiger partial charge in [0, 0.05) is 18.0 Å². The van der Waals surface area contributed by atoms with Crippen molar-refractivity contribution >= 4 is 40.6 Å². The fraction of sp³-hybridized carbons (Fsp3) is 0.579. The van der Waals surface area contributed by atoms with Gasteiger partial charge in [-0.3, -0.25) is 9.59 Å². The second-order valence-electron chi connectivity index (χ2n) is 8.02. The van der Waals surface area contributed by atoms with Crippen molar-refractivity contribution in [2.45, 2.75) is 53.1 Å². The number of nitrogens with one attached hydrogen (secondary N) is 1. The molecule has 0 saturated carbocycles. The van der Waals surface area contributed by atoms with Gasteiger partial charge < -0.3 is 5.32 Å². The molecule has 0 aliphatic carbocycles. The summed E-state index contributed by atoms with van der Waals surface area (Å²) < 4.78 is 51.0. The van der Waals surface area contributed by atoms with Crippen molar-refractivity contribution in [1.29, 1.82) is 0 Å². The summed E-state index contributed by atoms with van der Waals surface area (Å²) in [5.41, 5.74) is -0.0858. The molecule has 1 amide bonds. The third-order valence-electron chi connectivity index (χ3n) is 4.30. The van der Waals surface area contributed by atoms with Crippen LogP contribution in [-0.4, -0.2) is 17.9 Å². The maximum absolute atomic E-state index is 13.5. The topological polar surface area (TPSA) is 46.2 Å². The van der Waals surface area contributed by atoms with Crippen molar-refractivity contribution in [1.82, 2.24) is 0 Å². The zero-order valence-electron chi connectivity index (χ0n) is 16.0. The molecule has 0 heterocycles. The predicted molar refractivity (Wildman–Crippen MR) is 102 cm³/mol. The Morgan fingerprint density at radius 2 is 1.61 bits per heavy atom. The summed E-state index contributed by atoms with van der Waals surface area (Å²) in [5.74, 6) is -4.25. The molecular weight excluding hydrogens is 421 g/mol. The molecule has 28 heavy (non-hydrogen) atoms. The van der Waals surface area contributed by atoms with Crippen molar-refractivity contribution < 1.29 is 27.2 Å². The summed E-state index contributed by atoms with van der Waals surface area (Å²) >= 11 is 11.4. The summed E-state index contributed by atoms with van der Waals surface area (Å²) in [7, 11) is 0. The highest BCUT2D eigenvalue weighted by molar-refractivity contribution is 6.35. The Morgan fingerprint density at radius 1 is 1.11 bits per heavy atom. The molecule has 158 valence electrons. The molecule has 3 nitrogen and oxygen atoms in total. The fourth-order valence-corrected chi connectivity index (χ4v) is 3.36. The van der Waals surface area contributed by atoms with Gasteiger partial charge in [-0.2, -0.15) is 13.2 Å². The Labute approximate surface area is 171 Å². The van der Waals surface area contributed by atoms with E-state index in [9.17, 15) is 27.2 Å². The standard InChI is InChI=1S/C19H23Cl2F4NO2/c1-10(17(28)26-12-7-13(20)16(22)14(21)8-12)11(9-18(2,3)4)5-6-15(27)19(23,24)25/h7-8,10-11H,5-6,9H2,1-4H3,(H,26,28). The molecule has 1 aromatic rings. The van der Waals surface area contributed by atoms with Gasteiger partial charge in [0.2, 0.25) is 11.7 Å². The largest absolute Gasteiger partial charge is 0.449 e. The van der Waals surface area contributed by atoms with Gasteiger partial charge >= 0.3 is 6.18 Å². The van der Waals surface area contributed by atoms with Crippen LogP contribution in [-0.2, 0) is 9.59 Å². The first-order chi connectivity index (χ1) is 12.6. The van der Waals surface area contributed by atoms with E-state index in [0.29, 0.717) is 6.42 Å². The Kier molecular flexibility index (Phi) is 8.33. The lowest BCUT2D eigenvalue weighted by Crippen LogP contribution is -2.31. The van der Waals surface area contributed by atoms with E-state index in [2.05, 4.69) is 5.32 Å². The minimum Gasteiger partial charge on any atom is -0.326 e. The van der Waals surface area contributed by atoms with Gasteiger partial charge in [0.15, 0.2) is 5.82 Å². The lowest BCUT2D eigenvalue weighted by atomic mass is 9.76. The van der Waals surface area contributed by atoms with E-state index in [1.54, 1.807) is 6.92 Å². The van der Waals surface area contributed by atoms with Crippen molar-refractivity contribution in [3.63, 3.8) is 0 Å². The van der Waals surface area contributed by atoms with Crippen molar-refractivity contribution in [2.75, 3.05) is 5.32 Å². The molecule has 0 saturated heterocycles. The van der Waals surface area contributed by atoms with Crippen LogP contribution in [0.2, 0.25) is 10.0 Å². The Bertz CT molecular complexity index is 707. The highest BCUT2D eigenvalue weighted by atomic mass is 35.5. The third-order valence-corrected chi connectivity index (χ3v) is 4.86. The molecule has 0 aliphatic heterocycles. The first kappa shape index (κ1) is 24.7. The molecule has 9 heteroatoms. The molecule has 0 spiro atoms. The molecule has 0 aliphatic rings. The van der Waals surface area contributed by atoms with E-state index in [1.807, 2.05) is 20.8 Å². The van der Waals surface area contributed by atoms with E-state index in [-0.39, 0.29) is 27.6 Å². The van der Waals surface area contributed by atoms with Crippen LogP contribution < -0.4 is 5.32 Å². The molecular formula is C19H23Cl2F4NO2. The summed E-state index contributed by atoms with van der Waals surface area (Å²) in [6, 6.07) is 2.39. The number of ketones is 1. The van der Waals surface area contributed by atoms with Crippen LogP contribution in [0, 0.1) is 23.1 Å². The predicted octanol–water partition coefficient (Wildman–Crippen LogP) is 6.67. The van der Waals surface area contributed by atoms with Crippen LogP contribution in [0.5, 0.6) is 0 Å². The van der Waals surface area contributed by atoms with E-state index in [4.69, 9.17) is 23.2 Å². The second-order valence-corrected chi connectivity index (χ2v) is 8.83. The van der Waals surface area contributed by atoms with Crippen LogP contribution in [0.25, 0.3) is 0 Å². The summed E-state index contributed by atoms with van der Waals surface area (Å²) in [6.45, 7) is 7.28. The van der Waals surface area contributed by atoms with Gasteiger partial charge in [-0.05, 0) is 36.3 Å². The van der Waals surface area contributed by atoms with Crippen LogP contribution in [0.3, 0.4) is 0 Å². The van der Waals surface area contributed by atoms with Gasteiger partial charge in [0.25, 0.3) is 0 Å². The number of hydrogen-bond acceptors (Lipinski definition) is 2. The molecule has 0 bridgehead atoms. The monoisotopic (exact) mass is 443 g/mol. The van der Waals surface area contributed by atoms with Crippen LogP contribution in [0.4, 0.5) is 23.2 Å². The first-order valence-corrected chi connectivity index (χ1v) is 9.43. The highest BCUT2D eigenvalue weighted by Crippen LogP contribution is 2.34. The molecule has 0 radical (unpaired) electrons. The summed E-state index contributed by atoms with van der Waals surface area (Å²) in [5, 5.41) is 2.02. The van der Waals surface area contributed by atoms with Gasteiger partial charge in [-0.1, -0.05) is 50.9 Å². The number of benzene rings is 1. The smallest absolute Gasteiger partial charge is 0.326 e. The fourth-order valence-electron chi connectivity index (χ4n) is 2.87. The number of halogens is 6. The van der Waals surface area contributed by atoms with Crippen LogP contribution >= 0.6 is 23.2 Å². The lowest BCUT2D eigenvalue weighted by Gasteiger charge is -2.30. The minimum atomic E-state index is -4.89. The number of carbonyl (C=O) groups excluding carboxylic acids is 2. The van der Waals surface area contributed by atoms with Crippen molar-refractivity contribution in [2.24, 2.45) is 17.3 Å². The van der Waals surface area contributed by atoms with Crippen LogP contribution in [0.15, 0.2) is 12.1 Å². The van der Waals surface area contributed by atoms with E-state index in [0.717, 1.165) is 0 Å². The van der Waals surface area contributed by atoms with Crippen LogP contribution in [0.1, 0.15) is 47.0 Å². The van der Waals surface area contributed by atoms with Crippen molar-refractivity contribution in [3.8, 4) is 0 Å². The summed E-state index contributed by atoms with van der Waals surface area (Å²) in [6.07, 6.45) is -5.21. The maximum Gasteiger partial charge on any atom is 0.449 e. The molecule has 2 atom stereocenters. The number of amides is 1. The molecule has 1 rings (SSSR count). The highest BCUT2D eigenvalue weighted by Gasteiger charge is 2.39. The Balaban J connectivity index is 2.93. The van der Waals surface area contributed by atoms with Gasteiger partial charge in [0.1, 0.15) is 0 Å². The Morgan fingerprint density at radius 3 is 2.04 bits per heavy atom. The number of anilines is 1. The van der Waals surface area contributed by atoms with E-state index in [1.165, 1.54) is 12.1 Å². The second kappa shape index (κ2) is 9.44. The van der Waals surface area contributed by atoms with E-state index >= 15 is 0 Å². The molecule has 0 aromatic heterocycles. The van der Waals surface area contributed by atoms with Gasteiger partial charge in [-0.15, -0.1) is 0 Å². The lowest BCUT2D eigenvalue weighted by molar-refractivity contribution is -0.171. The zero-order valence-corrected chi connectivity index (χ0v) is 17.5. The molecule has 2 unspecified atom stereocenters. The number of Topliss-reactive ketones (excluding diaryl/α,β-unsaturated/α-hetero) is 1. The quantitative estimate of drug-likeness (QED) is 0.377. The molecule has 1 N–H and O–H groups in total. The Hall–Kier alpha value is -1.34. The minimum absolute atomic E-state index is 0.0743. The number of rotatable bonds is 7. The SMILES string of the molecule is CC(C(=O)Nc1cc(Cl)c(F)c(Cl)c1)C(CCC(=O)C(F)(F)F)CC(C)(C)C. The van der Waals surface area contributed by atoms with Gasteiger partial charge in [0.05, 0.1) is 10.0 Å². The van der Waals surface area contributed by atoms with Crippen molar-refractivity contribution in [3.05, 3.63) is 28.0 Å². The average Bonchev–Trinajstić information content (AvgIpc) is 2.53. The zero-order chi connectivity index (χ0) is 21.9. The molecule has 0 fully saturated rings. The maximum atomic E-state index is 13.5. The molecule has 1 aromatic carbocycles. The number of alkyl halides is 3. The normalized spacial score (nSPS) is 14.5. The van der Waals surface area contributed by atoms with E-state index < -0.39 is 41.9 Å². The number of carbonyl (C=O) groups is 2.